The Morgan fingerprint density at radius 3 is 2.92 bits per heavy atom. The molecule has 0 radical (unpaired) electrons. The summed E-state index contributed by atoms with van der Waals surface area (Å²) in [6.07, 6.45) is 4.80. The molecule has 0 amide bonds. The SMILES string of the molecule is C[C@]12C[C@H](F)[C@@H]3c4ccc(O)cc4C[C@@H](CCCCCl)[C@H]3[C@@H]1CCC2=O. The van der Waals surface area contributed by atoms with Gasteiger partial charge in [-0.2, -0.15) is 0 Å². The van der Waals surface area contributed by atoms with Crippen LogP contribution < -0.4 is 0 Å². The zero-order valence-electron chi connectivity index (χ0n) is 15.4. The molecular weight excluding hydrogens is 351 g/mol. The first kappa shape index (κ1) is 18.3. The molecule has 0 spiro atoms. The first-order valence-corrected chi connectivity index (χ1v) is 10.5. The molecule has 4 rings (SSSR count). The average molecular weight is 379 g/mol. The highest BCUT2D eigenvalue weighted by Gasteiger charge is 2.60. The molecule has 3 aliphatic rings. The fraction of sp³-hybridized carbons (Fsp3) is 0.682. The predicted molar refractivity (Wildman–Crippen MR) is 101 cm³/mol. The second-order valence-corrected chi connectivity index (χ2v) is 9.22. The van der Waals surface area contributed by atoms with E-state index in [1.54, 1.807) is 6.07 Å². The van der Waals surface area contributed by atoms with Gasteiger partial charge in [-0.05, 0) is 73.1 Å². The number of carbonyl (C=O) groups excluding carboxylic acids is 1. The monoisotopic (exact) mass is 378 g/mol. The minimum Gasteiger partial charge on any atom is -0.508 e. The molecule has 0 aromatic heterocycles. The van der Waals surface area contributed by atoms with Crippen LogP contribution in [0.5, 0.6) is 5.75 Å². The maximum Gasteiger partial charge on any atom is 0.139 e. The smallest absolute Gasteiger partial charge is 0.139 e. The number of halogens is 2. The van der Waals surface area contributed by atoms with Crippen molar-refractivity contribution in [3.63, 3.8) is 0 Å². The molecule has 2 fully saturated rings. The van der Waals surface area contributed by atoms with Crippen molar-refractivity contribution in [2.45, 2.75) is 64.0 Å². The third-order valence-corrected chi connectivity index (χ3v) is 7.76. The molecule has 0 heterocycles. The number of hydrogen-bond donors (Lipinski definition) is 1. The lowest BCUT2D eigenvalue weighted by atomic mass is 9.51. The van der Waals surface area contributed by atoms with Crippen LogP contribution in [0.4, 0.5) is 4.39 Å². The standard InChI is InChI=1S/C22H28ClFO2/c1-22-12-18(24)21-16-6-5-15(25)11-14(16)10-13(4-2-3-9-23)20(21)17(22)7-8-19(22)26/h5-6,11,13,17-18,20-21,25H,2-4,7-10,12H2,1H3/t13-,17+,18+,20+,21+,22+/m1/s1. The zero-order valence-corrected chi connectivity index (χ0v) is 16.1. The summed E-state index contributed by atoms with van der Waals surface area (Å²) in [5.41, 5.74) is 1.67. The molecule has 3 aliphatic carbocycles. The number of phenolic OH excluding ortho intramolecular Hbond substituents is 1. The third-order valence-electron chi connectivity index (χ3n) is 7.50. The lowest BCUT2D eigenvalue weighted by Crippen LogP contribution is -2.50. The molecular formula is C22H28ClFO2. The van der Waals surface area contributed by atoms with Gasteiger partial charge < -0.3 is 5.11 Å². The van der Waals surface area contributed by atoms with Gasteiger partial charge in [-0.25, -0.2) is 4.39 Å². The van der Waals surface area contributed by atoms with Crippen molar-refractivity contribution in [2.75, 3.05) is 5.88 Å². The Hall–Kier alpha value is -1.09. The summed E-state index contributed by atoms with van der Waals surface area (Å²) < 4.78 is 15.5. The van der Waals surface area contributed by atoms with Gasteiger partial charge >= 0.3 is 0 Å². The largest absolute Gasteiger partial charge is 0.508 e. The van der Waals surface area contributed by atoms with Gasteiger partial charge in [0.2, 0.25) is 0 Å². The van der Waals surface area contributed by atoms with Crippen molar-refractivity contribution in [3.05, 3.63) is 29.3 Å². The lowest BCUT2D eigenvalue weighted by Gasteiger charge is -2.53. The van der Waals surface area contributed by atoms with Crippen molar-refractivity contribution in [2.24, 2.45) is 23.2 Å². The Labute approximate surface area is 160 Å². The Morgan fingerprint density at radius 2 is 2.15 bits per heavy atom. The molecule has 1 N–H and O–H groups in total. The van der Waals surface area contributed by atoms with Crippen LogP contribution in [-0.4, -0.2) is 22.9 Å². The van der Waals surface area contributed by atoms with E-state index < -0.39 is 11.6 Å². The zero-order chi connectivity index (χ0) is 18.5. The summed E-state index contributed by atoms with van der Waals surface area (Å²) in [7, 11) is 0. The summed E-state index contributed by atoms with van der Waals surface area (Å²) >= 11 is 5.87. The van der Waals surface area contributed by atoms with Gasteiger partial charge in [-0.15, -0.1) is 11.6 Å². The van der Waals surface area contributed by atoms with Crippen molar-refractivity contribution in [1.29, 1.82) is 0 Å². The van der Waals surface area contributed by atoms with Crippen LogP contribution in [0.3, 0.4) is 0 Å². The van der Waals surface area contributed by atoms with E-state index in [4.69, 9.17) is 11.6 Å². The molecule has 4 heteroatoms. The van der Waals surface area contributed by atoms with Crippen LogP contribution in [0, 0.1) is 23.2 Å². The van der Waals surface area contributed by atoms with Gasteiger partial charge in [-0.1, -0.05) is 19.4 Å². The summed E-state index contributed by atoms with van der Waals surface area (Å²) in [6.45, 7) is 2.01. The Balaban J connectivity index is 1.75. The van der Waals surface area contributed by atoms with E-state index in [-0.39, 0.29) is 29.3 Å². The Bertz CT molecular complexity index is 705. The molecule has 1 aromatic rings. The number of ketones is 1. The van der Waals surface area contributed by atoms with Crippen LogP contribution >= 0.6 is 11.6 Å². The van der Waals surface area contributed by atoms with E-state index in [9.17, 15) is 9.90 Å². The molecule has 0 unspecified atom stereocenters. The number of carbonyl (C=O) groups is 1. The van der Waals surface area contributed by atoms with E-state index in [0.717, 1.165) is 43.2 Å². The highest BCUT2D eigenvalue weighted by molar-refractivity contribution is 6.17. The normalized spacial score (nSPS) is 38.6. The molecule has 0 aliphatic heterocycles. The summed E-state index contributed by atoms with van der Waals surface area (Å²) in [5, 5.41) is 9.92. The van der Waals surface area contributed by atoms with Gasteiger partial charge in [0, 0.05) is 23.6 Å². The summed E-state index contributed by atoms with van der Waals surface area (Å²) in [6, 6.07) is 5.42. The highest BCUT2D eigenvalue weighted by atomic mass is 35.5. The van der Waals surface area contributed by atoms with Crippen molar-refractivity contribution in [1.82, 2.24) is 0 Å². The maximum absolute atomic E-state index is 15.5. The van der Waals surface area contributed by atoms with Crippen LogP contribution in [0.25, 0.3) is 0 Å². The molecule has 2 saturated carbocycles. The molecule has 6 atom stereocenters. The number of unbranched alkanes of at least 4 members (excludes halogenated alkanes) is 1. The van der Waals surface area contributed by atoms with Crippen LogP contribution in [0.15, 0.2) is 18.2 Å². The Morgan fingerprint density at radius 1 is 1.35 bits per heavy atom. The van der Waals surface area contributed by atoms with E-state index in [1.165, 1.54) is 0 Å². The van der Waals surface area contributed by atoms with Crippen molar-refractivity contribution >= 4 is 17.4 Å². The molecule has 142 valence electrons. The number of benzene rings is 1. The second-order valence-electron chi connectivity index (χ2n) is 8.84. The van der Waals surface area contributed by atoms with Crippen molar-refractivity contribution in [3.8, 4) is 5.75 Å². The minimum absolute atomic E-state index is 0.135. The molecule has 2 nitrogen and oxygen atoms in total. The number of Topliss-reactive ketones (excluding diaryl/α,β-unsaturated/α-hetero) is 1. The second kappa shape index (κ2) is 6.82. The number of alkyl halides is 2. The summed E-state index contributed by atoms with van der Waals surface area (Å²) in [5.74, 6) is 1.92. The van der Waals surface area contributed by atoms with Gasteiger partial charge in [0.15, 0.2) is 0 Å². The highest BCUT2D eigenvalue weighted by Crippen LogP contribution is 2.62. The number of aromatic hydroxyl groups is 1. The van der Waals surface area contributed by atoms with Gasteiger partial charge in [0.05, 0.1) is 0 Å². The first-order valence-electron chi connectivity index (χ1n) is 10.0. The summed E-state index contributed by atoms with van der Waals surface area (Å²) in [4.78, 5) is 12.6. The van der Waals surface area contributed by atoms with E-state index in [2.05, 4.69) is 0 Å². The van der Waals surface area contributed by atoms with E-state index in [1.807, 2.05) is 19.1 Å². The maximum atomic E-state index is 15.5. The number of phenols is 1. The first-order chi connectivity index (χ1) is 12.5. The number of hydrogen-bond acceptors (Lipinski definition) is 2. The van der Waals surface area contributed by atoms with Gasteiger partial charge in [-0.3, -0.25) is 4.79 Å². The molecule has 0 bridgehead atoms. The van der Waals surface area contributed by atoms with E-state index in [0.29, 0.717) is 24.6 Å². The minimum atomic E-state index is -0.984. The van der Waals surface area contributed by atoms with Crippen LogP contribution in [-0.2, 0) is 11.2 Å². The quantitative estimate of drug-likeness (QED) is 0.562. The van der Waals surface area contributed by atoms with E-state index >= 15 is 4.39 Å². The molecule has 26 heavy (non-hydrogen) atoms. The molecule has 0 saturated heterocycles. The van der Waals surface area contributed by atoms with Gasteiger partial charge in [0.25, 0.3) is 0 Å². The lowest BCUT2D eigenvalue weighted by molar-refractivity contribution is -0.132. The third kappa shape index (κ3) is 2.78. The van der Waals surface area contributed by atoms with Crippen LogP contribution in [0.1, 0.15) is 62.5 Å². The van der Waals surface area contributed by atoms with Gasteiger partial charge in [0.1, 0.15) is 17.7 Å². The van der Waals surface area contributed by atoms with Crippen molar-refractivity contribution < 1.29 is 14.3 Å². The Kier molecular flexibility index (Phi) is 4.79. The fourth-order valence-corrected chi connectivity index (χ4v) is 6.52. The average Bonchev–Trinajstić information content (AvgIpc) is 2.89. The number of fused-ring (bicyclic) bond motifs is 5. The van der Waals surface area contributed by atoms with Crippen LogP contribution in [0.2, 0.25) is 0 Å². The fourth-order valence-electron chi connectivity index (χ4n) is 6.34. The number of rotatable bonds is 4. The topological polar surface area (TPSA) is 37.3 Å². The molecule has 1 aromatic carbocycles. The predicted octanol–water partition coefficient (Wildman–Crippen LogP) is 5.40.